The Balaban J connectivity index is 1.34. The van der Waals surface area contributed by atoms with Crippen LogP contribution in [-0.2, 0) is 0 Å². The Labute approximate surface area is 168 Å². The number of nitrogens with one attached hydrogen (secondary N) is 1. The average Bonchev–Trinajstić information content (AvgIpc) is 3.45. The number of piperazine rings is 1. The number of para-hydroxylation sites is 1. The van der Waals surface area contributed by atoms with Gasteiger partial charge in [0.1, 0.15) is 0 Å². The molecule has 5 rings (SSSR count). The van der Waals surface area contributed by atoms with Crippen LogP contribution in [0.3, 0.4) is 0 Å². The molecule has 0 unspecified atom stereocenters. The molecule has 0 radical (unpaired) electrons. The molecule has 1 aliphatic carbocycles. The lowest BCUT2D eigenvalue weighted by Gasteiger charge is -2.34. The van der Waals surface area contributed by atoms with E-state index in [4.69, 9.17) is 9.97 Å². The zero-order valence-corrected chi connectivity index (χ0v) is 17.1. The number of anilines is 2. The minimum absolute atomic E-state index is 0.0401. The maximum Gasteiger partial charge on any atom is 0.252 e. The van der Waals surface area contributed by atoms with Gasteiger partial charge in [0.25, 0.3) is 5.56 Å². The molecule has 3 heterocycles. The number of aromatic amines is 1. The van der Waals surface area contributed by atoms with Gasteiger partial charge in [0, 0.05) is 38.2 Å². The van der Waals surface area contributed by atoms with Gasteiger partial charge in [0.2, 0.25) is 5.95 Å². The zero-order chi connectivity index (χ0) is 19.3. The Morgan fingerprint density at radius 3 is 2.57 bits per heavy atom. The summed E-state index contributed by atoms with van der Waals surface area (Å²) in [6.07, 6.45) is 2.30. The summed E-state index contributed by atoms with van der Waals surface area (Å²) >= 11 is 1.77. The Morgan fingerprint density at radius 1 is 1.11 bits per heavy atom. The van der Waals surface area contributed by atoms with Gasteiger partial charge in [-0.25, -0.2) is 9.97 Å². The molecule has 2 aromatic heterocycles. The van der Waals surface area contributed by atoms with Crippen molar-refractivity contribution in [2.24, 2.45) is 0 Å². The minimum Gasteiger partial charge on any atom is -0.345 e. The van der Waals surface area contributed by atoms with Gasteiger partial charge in [0.05, 0.1) is 15.9 Å². The average molecular weight is 396 g/mol. The molecule has 2 fully saturated rings. The first kappa shape index (κ1) is 17.7. The summed E-state index contributed by atoms with van der Waals surface area (Å²) in [5.74, 6) is 1.68. The highest BCUT2D eigenvalue weighted by Crippen LogP contribution is 2.39. The van der Waals surface area contributed by atoms with E-state index in [0.29, 0.717) is 11.8 Å². The predicted octanol–water partition coefficient (Wildman–Crippen LogP) is 3.71. The van der Waals surface area contributed by atoms with Crippen molar-refractivity contribution in [1.29, 1.82) is 0 Å². The van der Waals surface area contributed by atoms with E-state index >= 15 is 0 Å². The van der Waals surface area contributed by atoms with Crippen molar-refractivity contribution in [3.8, 4) is 0 Å². The van der Waals surface area contributed by atoms with E-state index in [1.165, 1.54) is 10.3 Å². The summed E-state index contributed by atoms with van der Waals surface area (Å²) in [5, 5.41) is 1.09. The lowest BCUT2D eigenvalue weighted by molar-refractivity contribution is 0.636. The number of benzene rings is 1. The van der Waals surface area contributed by atoms with E-state index in [-0.39, 0.29) is 5.56 Å². The van der Waals surface area contributed by atoms with Crippen molar-refractivity contribution in [3.63, 3.8) is 0 Å². The fourth-order valence-electron chi connectivity index (χ4n) is 3.87. The lowest BCUT2D eigenvalue weighted by atomic mass is 10.0. The Morgan fingerprint density at radius 2 is 1.86 bits per heavy atom. The summed E-state index contributed by atoms with van der Waals surface area (Å²) in [6, 6.07) is 8.14. The molecule has 7 heteroatoms. The highest BCUT2D eigenvalue weighted by atomic mass is 32.1. The monoisotopic (exact) mass is 395 g/mol. The van der Waals surface area contributed by atoms with Crippen LogP contribution in [0.25, 0.3) is 10.2 Å². The summed E-state index contributed by atoms with van der Waals surface area (Å²) in [5.41, 5.74) is 3.37. The number of H-pyrrole nitrogens is 1. The van der Waals surface area contributed by atoms with Crippen LogP contribution in [0.2, 0.25) is 0 Å². The van der Waals surface area contributed by atoms with E-state index in [9.17, 15) is 4.79 Å². The summed E-state index contributed by atoms with van der Waals surface area (Å²) in [6.45, 7) is 7.88. The Bertz CT molecular complexity index is 1060. The number of hydrogen-bond acceptors (Lipinski definition) is 6. The number of nitrogens with zero attached hydrogens (tertiary/aromatic N) is 4. The Kier molecular flexibility index (Phi) is 4.34. The van der Waals surface area contributed by atoms with Crippen LogP contribution in [-0.4, -0.2) is 41.1 Å². The standard InChI is InChI=1S/C21H25N5OS/c1-13(2)15-4-3-5-17-19(15)24-21(28-17)26-10-8-25(9-11-26)20-22-16(14-6-7-14)12-18(27)23-20/h3-5,12-14H,6-11H2,1-2H3,(H,22,23,27). The van der Waals surface area contributed by atoms with Crippen molar-refractivity contribution in [3.05, 3.63) is 45.9 Å². The van der Waals surface area contributed by atoms with E-state index < -0.39 is 0 Å². The van der Waals surface area contributed by atoms with E-state index in [1.54, 1.807) is 17.4 Å². The maximum atomic E-state index is 12.0. The minimum atomic E-state index is -0.0401. The molecule has 1 aromatic carbocycles. The molecule has 1 saturated heterocycles. The molecule has 3 aromatic rings. The van der Waals surface area contributed by atoms with Gasteiger partial charge in [-0.2, -0.15) is 0 Å². The number of thiazole rings is 1. The fourth-order valence-corrected chi connectivity index (χ4v) is 4.92. The third-order valence-corrected chi connectivity index (χ3v) is 6.74. The van der Waals surface area contributed by atoms with Gasteiger partial charge < -0.3 is 9.80 Å². The van der Waals surface area contributed by atoms with Gasteiger partial charge in [-0.05, 0) is 30.4 Å². The largest absolute Gasteiger partial charge is 0.345 e. The van der Waals surface area contributed by atoms with Crippen LogP contribution < -0.4 is 15.4 Å². The molecular formula is C21H25N5OS. The first-order chi connectivity index (χ1) is 13.6. The quantitative estimate of drug-likeness (QED) is 0.730. The highest BCUT2D eigenvalue weighted by molar-refractivity contribution is 7.22. The molecule has 6 nitrogen and oxygen atoms in total. The number of hydrogen-bond donors (Lipinski definition) is 1. The first-order valence-electron chi connectivity index (χ1n) is 10.1. The molecule has 1 aliphatic heterocycles. The van der Waals surface area contributed by atoms with Crippen LogP contribution in [0.4, 0.5) is 11.1 Å². The van der Waals surface area contributed by atoms with Gasteiger partial charge in [0.15, 0.2) is 5.13 Å². The molecule has 1 saturated carbocycles. The van der Waals surface area contributed by atoms with Crippen LogP contribution in [0.1, 0.15) is 49.8 Å². The van der Waals surface area contributed by atoms with Crippen molar-refractivity contribution < 1.29 is 0 Å². The highest BCUT2D eigenvalue weighted by Gasteiger charge is 2.27. The maximum absolute atomic E-state index is 12.0. The molecule has 1 N–H and O–H groups in total. The third-order valence-electron chi connectivity index (χ3n) is 5.66. The van der Waals surface area contributed by atoms with Crippen LogP contribution in [0.5, 0.6) is 0 Å². The first-order valence-corrected chi connectivity index (χ1v) is 10.9. The zero-order valence-electron chi connectivity index (χ0n) is 16.3. The van der Waals surface area contributed by atoms with Crippen molar-refractivity contribution in [2.45, 2.75) is 38.5 Å². The lowest BCUT2D eigenvalue weighted by Crippen LogP contribution is -2.47. The van der Waals surface area contributed by atoms with Crippen LogP contribution in [0.15, 0.2) is 29.1 Å². The van der Waals surface area contributed by atoms with Gasteiger partial charge in [-0.1, -0.05) is 37.3 Å². The van der Waals surface area contributed by atoms with Crippen molar-refractivity contribution >= 4 is 32.6 Å². The summed E-state index contributed by atoms with van der Waals surface area (Å²) in [7, 11) is 0. The number of aromatic nitrogens is 3. The molecular weight excluding hydrogens is 370 g/mol. The van der Waals surface area contributed by atoms with Crippen molar-refractivity contribution in [2.75, 3.05) is 36.0 Å². The number of rotatable bonds is 4. The smallest absolute Gasteiger partial charge is 0.252 e. The summed E-state index contributed by atoms with van der Waals surface area (Å²) in [4.78, 5) is 29.2. The number of fused-ring (bicyclic) bond motifs is 1. The van der Waals surface area contributed by atoms with Crippen molar-refractivity contribution in [1.82, 2.24) is 15.0 Å². The fraction of sp³-hybridized carbons (Fsp3) is 0.476. The van der Waals surface area contributed by atoms with E-state index in [0.717, 1.165) is 61.3 Å². The van der Waals surface area contributed by atoms with Crippen LogP contribution in [0, 0.1) is 0 Å². The van der Waals surface area contributed by atoms with E-state index in [2.05, 4.69) is 46.8 Å². The normalized spacial score (nSPS) is 17.7. The van der Waals surface area contributed by atoms with Gasteiger partial charge in [-0.3, -0.25) is 9.78 Å². The third kappa shape index (κ3) is 3.28. The second-order valence-corrected chi connectivity index (χ2v) is 9.10. The Hall–Kier alpha value is -2.41. The SMILES string of the molecule is CC(C)c1cccc2sc(N3CCN(c4nc(C5CC5)cc(=O)[nH]4)CC3)nc12. The molecule has 28 heavy (non-hydrogen) atoms. The second kappa shape index (κ2) is 6.88. The summed E-state index contributed by atoms with van der Waals surface area (Å²) < 4.78 is 1.26. The molecule has 146 valence electrons. The van der Waals surface area contributed by atoms with E-state index in [1.807, 2.05) is 0 Å². The van der Waals surface area contributed by atoms with Gasteiger partial charge >= 0.3 is 0 Å². The molecule has 0 amide bonds. The molecule has 2 aliphatic rings. The molecule has 0 bridgehead atoms. The van der Waals surface area contributed by atoms with Gasteiger partial charge in [-0.15, -0.1) is 0 Å². The predicted molar refractivity (Wildman–Crippen MR) is 115 cm³/mol. The molecule has 0 atom stereocenters. The second-order valence-electron chi connectivity index (χ2n) is 8.09. The van der Waals surface area contributed by atoms with Crippen LogP contribution >= 0.6 is 11.3 Å². The topological polar surface area (TPSA) is 65.1 Å². The molecule has 0 spiro atoms.